The van der Waals surface area contributed by atoms with Crippen LogP contribution in [0.3, 0.4) is 0 Å². The van der Waals surface area contributed by atoms with Gasteiger partial charge in [-0.3, -0.25) is 0 Å². The number of carbonyl (C=O) groups is 1. The van der Waals surface area contributed by atoms with Crippen LogP contribution >= 0.6 is 0 Å². The van der Waals surface area contributed by atoms with E-state index in [1.807, 2.05) is 23.1 Å². The Labute approximate surface area is 171 Å². The molecule has 0 unspecified atom stereocenters. The number of urea groups is 1. The fourth-order valence-corrected chi connectivity index (χ4v) is 4.72. The summed E-state index contributed by atoms with van der Waals surface area (Å²) in [7, 11) is 0. The van der Waals surface area contributed by atoms with Gasteiger partial charge in [-0.15, -0.1) is 0 Å². The van der Waals surface area contributed by atoms with Crippen molar-refractivity contribution in [3.63, 3.8) is 0 Å². The number of ether oxygens (including phenoxy) is 1. The SMILES string of the molecule is O=C(Nc1ccc2c(c1)CNCCO2)N1CCC(N2CCc3ccccc32)CC1. The van der Waals surface area contributed by atoms with Crippen molar-refractivity contribution in [3.05, 3.63) is 53.6 Å². The zero-order valence-electron chi connectivity index (χ0n) is 16.7. The highest BCUT2D eigenvalue weighted by atomic mass is 16.5. The van der Waals surface area contributed by atoms with Gasteiger partial charge in [-0.1, -0.05) is 18.2 Å². The molecule has 2 amide bonds. The monoisotopic (exact) mass is 392 g/mol. The maximum Gasteiger partial charge on any atom is 0.321 e. The first-order valence-electron chi connectivity index (χ1n) is 10.6. The molecule has 5 rings (SSSR count). The Kier molecular flexibility index (Phi) is 5.02. The second kappa shape index (κ2) is 7.95. The summed E-state index contributed by atoms with van der Waals surface area (Å²) < 4.78 is 5.72. The van der Waals surface area contributed by atoms with E-state index in [2.05, 4.69) is 39.8 Å². The van der Waals surface area contributed by atoms with E-state index in [4.69, 9.17) is 4.74 Å². The number of nitrogens with zero attached hydrogens (tertiary/aromatic N) is 2. The summed E-state index contributed by atoms with van der Waals surface area (Å²) in [4.78, 5) is 17.3. The number of likely N-dealkylation sites (tertiary alicyclic amines) is 1. The van der Waals surface area contributed by atoms with Crippen molar-refractivity contribution < 1.29 is 9.53 Å². The van der Waals surface area contributed by atoms with Crippen molar-refractivity contribution in [1.82, 2.24) is 10.2 Å². The number of nitrogens with one attached hydrogen (secondary N) is 2. The van der Waals surface area contributed by atoms with Crippen LogP contribution in [0.25, 0.3) is 0 Å². The van der Waals surface area contributed by atoms with E-state index in [1.54, 1.807) is 0 Å². The zero-order chi connectivity index (χ0) is 19.6. The van der Waals surface area contributed by atoms with Gasteiger partial charge < -0.3 is 25.2 Å². The second-order valence-electron chi connectivity index (χ2n) is 8.07. The topological polar surface area (TPSA) is 56.8 Å². The number of amides is 2. The maximum absolute atomic E-state index is 12.8. The average Bonchev–Trinajstić information content (AvgIpc) is 3.05. The van der Waals surface area contributed by atoms with Crippen LogP contribution < -0.4 is 20.3 Å². The van der Waals surface area contributed by atoms with Gasteiger partial charge in [0, 0.05) is 55.7 Å². The lowest BCUT2D eigenvalue weighted by molar-refractivity contribution is 0.193. The van der Waals surface area contributed by atoms with Gasteiger partial charge in [0.2, 0.25) is 0 Å². The van der Waals surface area contributed by atoms with Crippen molar-refractivity contribution in [2.45, 2.75) is 31.8 Å². The van der Waals surface area contributed by atoms with Crippen molar-refractivity contribution in [1.29, 1.82) is 0 Å². The first-order chi connectivity index (χ1) is 14.3. The van der Waals surface area contributed by atoms with E-state index < -0.39 is 0 Å². The van der Waals surface area contributed by atoms with Crippen LogP contribution in [0, 0.1) is 0 Å². The third-order valence-corrected chi connectivity index (χ3v) is 6.28. The summed E-state index contributed by atoms with van der Waals surface area (Å²) in [6.45, 7) is 4.97. The van der Waals surface area contributed by atoms with Crippen molar-refractivity contribution in [2.24, 2.45) is 0 Å². The van der Waals surface area contributed by atoms with Gasteiger partial charge in [-0.2, -0.15) is 0 Å². The molecule has 0 bridgehead atoms. The van der Waals surface area contributed by atoms with Gasteiger partial charge in [0.25, 0.3) is 0 Å². The average molecular weight is 393 g/mol. The Bertz CT molecular complexity index is 892. The van der Waals surface area contributed by atoms with E-state index in [1.165, 1.54) is 11.3 Å². The minimum Gasteiger partial charge on any atom is -0.492 e. The van der Waals surface area contributed by atoms with Crippen LogP contribution in [0.4, 0.5) is 16.2 Å². The molecule has 2 aromatic carbocycles. The number of anilines is 2. The highest BCUT2D eigenvalue weighted by Crippen LogP contribution is 2.32. The van der Waals surface area contributed by atoms with Gasteiger partial charge in [0.1, 0.15) is 12.4 Å². The standard InChI is InChI=1S/C23H28N4O2/c28-23(25-19-5-6-22-18(15-19)16-24-10-14-29-22)26-11-8-20(9-12-26)27-13-7-17-3-1-2-4-21(17)27/h1-6,15,20,24H,7-14,16H2,(H,25,28). The Morgan fingerprint density at radius 3 is 2.83 bits per heavy atom. The molecule has 0 radical (unpaired) electrons. The van der Waals surface area contributed by atoms with Crippen molar-refractivity contribution in [2.75, 3.05) is 43.0 Å². The van der Waals surface area contributed by atoms with Crippen LogP contribution in [0.2, 0.25) is 0 Å². The van der Waals surface area contributed by atoms with Gasteiger partial charge in [-0.25, -0.2) is 4.79 Å². The van der Waals surface area contributed by atoms with Gasteiger partial charge in [-0.05, 0) is 49.1 Å². The Morgan fingerprint density at radius 2 is 1.93 bits per heavy atom. The van der Waals surface area contributed by atoms with Gasteiger partial charge in [0.15, 0.2) is 0 Å². The number of piperidine rings is 1. The molecule has 3 aliphatic rings. The largest absolute Gasteiger partial charge is 0.492 e. The second-order valence-corrected chi connectivity index (χ2v) is 8.07. The van der Waals surface area contributed by atoms with E-state index in [-0.39, 0.29) is 6.03 Å². The summed E-state index contributed by atoms with van der Waals surface area (Å²) in [5.74, 6) is 0.903. The molecule has 0 aliphatic carbocycles. The van der Waals surface area contributed by atoms with Crippen molar-refractivity contribution in [3.8, 4) is 5.75 Å². The lowest BCUT2D eigenvalue weighted by Gasteiger charge is -2.38. The molecule has 6 nitrogen and oxygen atoms in total. The number of rotatable bonds is 2. The van der Waals surface area contributed by atoms with Crippen LogP contribution in [0.1, 0.15) is 24.0 Å². The molecular weight excluding hydrogens is 364 g/mol. The first-order valence-corrected chi connectivity index (χ1v) is 10.6. The number of hydrogen-bond acceptors (Lipinski definition) is 4. The summed E-state index contributed by atoms with van der Waals surface area (Å²) in [5, 5.41) is 6.41. The molecule has 6 heteroatoms. The zero-order valence-corrected chi connectivity index (χ0v) is 16.7. The van der Waals surface area contributed by atoms with Crippen LogP contribution in [0.15, 0.2) is 42.5 Å². The molecule has 0 atom stereocenters. The highest BCUT2D eigenvalue weighted by molar-refractivity contribution is 5.89. The normalized spacial score (nSPS) is 19.2. The van der Waals surface area contributed by atoms with Crippen LogP contribution in [-0.4, -0.2) is 49.8 Å². The molecule has 2 aromatic rings. The third kappa shape index (κ3) is 3.77. The number of carbonyl (C=O) groups excluding carboxylic acids is 1. The summed E-state index contributed by atoms with van der Waals surface area (Å²) in [6, 6.07) is 15.1. The summed E-state index contributed by atoms with van der Waals surface area (Å²) >= 11 is 0. The lowest BCUT2D eigenvalue weighted by Crippen LogP contribution is -2.47. The van der Waals surface area contributed by atoms with Crippen molar-refractivity contribution >= 4 is 17.4 Å². The lowest BCUT2D eigenvalue weighted by atomic mass is 10.0. The maximum atomic E-state index is 12.8. The molecule has 29 heavy (non-hydrogen) atoms. The fraction of sp³-hybridized carbons (Fsp3) is 0.435. The third-order valence-electron chi connectivity index (χ3n) is 6.28. The van der Waals surface area contributed by atoms with E-state index >= 15 is 0 Å². The molecule has 152 valence electrons. The predicted molar refractivity (Wildman–Crippen MR) is 115 cm³/mol. The molecular formula is C23H28N4O2. The highest BCUT2D eigenvalue weighted by Gasteiger charge is 2.30. The molecule has 0 saturated carbocycles. The first kappa shape index (κ1) is 18.3. The number of hydrogen-bond donors (Lipinski definition) is 2. The number of fused-ring (bicyclic) bond motifs is 2. The molecule has 0 aromatic heterocycles. The fourth-order valence-electron chi connectivity index (χ4n) is 4.72. The van der Waals surface area contributed by atoms with E-state index in [0.29, 0.717) is 12.6 Å². The van der Waals surface area contributed by atoms with Crippen LogP contribution in [0.5, 0.6) is 5.75 Å². The molecule has 0 spiro atoms. The molecule has 1 saturated heterocycles. The number of para-hydroxylation sites is 1. The minimum absolute atomic E-state index is 0.00674. The quantitative estimate of drug-likeness (QED) is 0.824. The minimum atomic E-state index is -0.00674. The Balaban J connectivity index is 1.18. The summed E-state index contributed by atoms with van der Waals surface area (Å²) in [5.41, 5.74) is 4.76. The summed E-state index contributed by atoms with van der Waals surface area (Å²) in [6.07, 6.45) is 3.17. The molecule has 3 aliphatic heterocycles. The Morgan fingerprint density at radius 1 is 1.07 bits per heavy atom. The molecule has 2 N–H and O–H groups in total. The predicted octanol–water partition coefficient (Wildman–Crippen LogP) is 3.23. The van der Waals surface area contributed by atoms with Gasteiger partial charge >= 0.3 is 6.03 Å². The van der Waals surface area contributed by atoms with Crippen LogP contribution in [-0.2, 0) is 13.0 Å². The smallest absolute Gasteiger partial charge is 0.321 e. The Hall–Kier alpha value is -2.73. The molecule has 3 heterocycles. The number of benzene rings is 2. The van der Waals surface area contributed by atoms with E-state index in [9.17, 15) is 4.79 Å². The molecule has 1 fully saturated rings. The van der Waals surface area contributed by atoms with Gasteiger partial charge in [0.05, 0.1) is 0 Å². The van der Waals surface area contributed by atoms with E-state index in [0.717, 1.165) is 69.0 Å².